The predicted octanol–water partition coefficient (Wildman–Crippen LogP) is 1.08. The summed E-state index contributed by atoms with van der Waals surface area (Å²) in [6, 6.07) is 0. The number of aliphatic hydroxyl groups excluding tert-OH is 1. The van der Waals surface area contributed by atoms with Gasteiger partial charge in [0.25, 0.3) is 0 Å². The second-order valence-corrected chi connectivity index (χ2v) is 3.18. The van der Waals surface area contributed by atoms with Crippen LogP contribution in [-0.2, 0) is 6.42 Å². The maximum atomic E-state index is 9.58. The van der Waals surface area contributed by atoms with Gasteiger partial charge in [-0.05, 0) is 18.8 Å². The molecule has 0 aromatic carbocycles. The summed E-state index contributed by atoms with van der Waals surface area (Å²) in [5.41, 5.74) is 0. The van der Waals surface area contributed by atoms with Gasteiger partial charge in [0, 0.05) is 6.42 Å². The molecule has 1 saturated carbocycles. The molecular formula is C8H12N2O2. The van der Waals surface area contributed by atoms with Gasteiger partial charge in [-0.25, -0.2) is 0 Å². The number of hydrogen-bond donors (Lipinski definition) is 1. The SMILES string of the molecule is CCc1nc(C(O)C2CC2)no1. The fourth-order valence-electron chi connectivity index (χ4n) is 1.15. The lowest BCUT2D eigenvalue weighted by Gasteiger charge is -2.00. The van der Waals surface area contributed by atoms with Crippen LogP contribution in [0.5, 0.6) is 0 Å². The summed E-state index contributed by atoms with van der Waals surface area (Å²) in [5.74, 6) is 1.42. The van der Waals surface area contributed by atoms with Crippen LogP contribution >= 0.6 is 0 Å². The Morgan fingerprint density at radius 2 is 2.42 bits per heavy atom. The van der Waals surface area contributed by atoms with Crippen molar-refractivity contribution < 1.29 is 9.63 Å². The van der Waals surface area contributed by atoms with Crippen molar-refractivity contribution in [3.05, 3.63) is 11.7 Å². The number of aromatic nitrogens is 2. The number of aryl methyl sites for hydroxylation is 1. The van der Waals surface area contributed by atoms with Crippen LogP contribution in [0, 0.1) is 5.92 Å². The third kappa shape index (κ3) is 1.34. The van der Waals surface area contributed by atoms with Crippen LogP contribution in [0.4, 0.5) is 0 Å². The molecule has 0 radical (unpaired) electrons. The smallest absolute Gasteiger partial charge is 0.226 e. The van der Waals surface area contributed by atoms with Gasteiger partial charge in [0.1, 0.15) is 6.10 Å². The van der Waals surface area contributed by atoms with Crippen molar-refractivity contribution in [2.24, 2.45) is 5.92 Å². The molecule has 1 aromatic rings. The highest BCUT2D eigenvalue weighted by Gasteiger charge is 2.33. The summed E-state index contributed by atoms with van der Waals surface area (Å²) in [5, 5.41) is 13.3. The van der Waals surface area contributed by atoms with Gasteiger partial charge >= 0.3 is 0 Å². The fourth-order valence-corrected chi connectivity index (χ4v) is 1.15. The monoisotopic (exact) mass is 168 g/mol. The molecule has 4 heteroatoms. The number of rotatable bonds is 3. The number of hydrogen-bond acceptors (Lipinski definition) is 4. The van der Waals surface area contributed by atoms with E-state index in [-0.39, 0.29) is 0 Å². The fraction of sp³-hybridized carbons (Fsp3) is 0.750. The van der Waals surface area contributed by atoms with Gasteiger partial charge in [0.05, 0.1) is 0 Å². The molecular weight excluding hydrogens is 156 g/mol. The van der Waals surface area contributed by atoms with Crippen LogP contribution in [0.15, 0.2) is 4.52 Å². The van der Waals surface area contributed by atoms with E-state index in [4.69, 9.17) is 4.52 Å². The van der Waals surface area contributed by atoms with Gasteiger partial charge in [0.15, 0.2) is 0 Å². The quantitative estimate of drug-likeness (QED) is 0.733. The van der Waals surface area contributed by atoms with Gasteiger partial charge in [-0.3, -0.25) is 0 Å². The molecule has 66 valence electrons. The standard InChI is InChI=1S/C8H12N2O2/c1-2-6-9-8(10-12-6)7(11)5-3-4-5/h5,7,11H,2-4H2,1H3. The molecule has 4 nitrogen and oxygen atoms in total. The third-order valence-electron chi connectivity index (χ3n) is 2.12. The van der Waals surface area contributed by atoms with Crippen molar-refractivity contribution >= 4 is 0 Å². The summed E-state index contributed by atoms with van der Waals surface area (Å²) in [7, 11) is 0. The Morgan fingerprint density at radius 3 is 2.92 bits per heavy atom. The zero-order chi connectivity index (χ0) is 8.55. The van der Waals surface area contributed by atoms with E-state index in [1.54, 1.807) is 0 Å². The molecule has 1 atom stereocenters. The molecule has 1 N–H and O–H groups in total. The Kier molecular flexibility index (Phi) is 1.84. The van der Waals surface area contributed by atoms with Crippen molar-refractivity contribution in [1.29, 1.82) is 0 Å². The Labute approximate surface area is 70.6 Å². The largest absolute Gasteiger partial charge is 0.385 e. The van der Waals surface area contributed by atoms with E-state index in [1.165, 1.54) is 0 Å². The van der Waals surface area contributed by atoms with Gasteiger partial charge < -0.3 is 9.63 Å². The highest BCUT2D eigenvalue weighted by atomic mass is 16.5. The lowest BCUT2D eigenvalue weighted by molar-refractivity contribution is 0.140. The molecule has 1 aliphatic rings. The van der Waals surface area contributed by atoms with Gasteiger partial charge in [-0.15, -0.1) is 0 Å². The van der Waals surface area contributed by atoms with Crippen molar-refractivity contribution in [1.82, 2.24) is 10.1 Å². The average Bonchev–Trinajstić information content (AvgIpc) is 2.82. The summed E-state index contributed by atoms with van der Waals surface area (Å²) >= 11 is 0. The van der Waals surface area contributed by atoms with Crippen molar-refractivity contribution in [3.63, 3.8) is 0 Å². The number of nitrogens with zero attached hydrogens (tertiary/aromatic N) is 2. The average molecular weight is 168 g/mol. The van der Waals surface area contributed by atoms with E-state index in [2.05, 4.69) is 10.1 Å². The minimum absolute atomic E-state index is 0.368. The summed E-state index contributed by atoms with van der Waals surface area (Å²) < 4.78 is 4.89. The molecule has 0 bridgehead atoms. The van der Waals surface area contributed by atoms with Gasteiger partial charge in [0.2, 0.25) is 11.7 Å². The maximum absolute atomic E-state index is 9.58. The molecule has 12 heavy (non-hydrogen) atoms. The molecule has 1 unspecified atom stereocenters. The molecule has 1 fully saturated rings. The molecule has 0 spiro atoms. The Hall–Kier alpha value is -0.900. The number of aliphatic hydroxyl groups is 1. The summed E-state index contributed by atoms with van der Waals surface area (Å²) in [4.78, 5) is 4.06. The minimum atomic E-state index is -0.506. The van der Waals surface area contributed by atoms with Gasteiger partial charge in [-0.1, -0.05) is 12.1 Å². The van der Waals surface area contributed by atoms with Crippen LogP contribution < -0.4 is 0 Å². The topological polar surface area (TPSA) is 59.2 Å². The molecule has 2 rings (SSSR count). The van der Waals surface area contributed by atoms with Crippen LogP contribution in [0.2, 0.25) is 0 Å². The lowest BCUT2D eigenvalue weighted by Crippen LogP contribution is -2.01. The Balaban J connectivity index is 2.10. The lowest BCUT2D eigenvalue weighted by atomic mass is 10.2. The minimum Gasteiger partial charge on any atom is -0.385 e. The first-order valence-electron chi connectivity index (χ1n) is 4.31. The van der Waals surface area contributed by atoms with Crippen LogP contribution in [0.25, 0.3) is 0 Å². The van der Waals surface area contributed by atoms with Crippen LogP contribution in [0.1, 0.15) is 37.6 Å². The predicted molar refractivity (Wildman–Crippen MR) is 41.4 cm³/mol. The van der Waals surface area contributed by atoms with E-state index in [9.17, 15) is 5.11 Å². The van der Waals surface area contributed by atoms with E-state index >= 15 is 0 Å². The van der Waals surface area contributed by atoms with E-state index in [1.807, 2.05) is 6.92 Å². The highest BCUT2D eigenvalue weighted by molar-refractivity contribution is 4.97. The van der Waals surface area contributed by atoms with E-state index in [0.29, 0.717) is 17.6 Å². The van der Waals surface area contributed by atoms with Gasteiger partial charge in [-0.2, -0.15) is 4.98 Å². The zero-order valence-corrected chi connectivity index (χ0v) is 7.03. The van der Waals surface area contributed by atoms with Crippen LogP contribution in [0.3, 0.4) is 0 Å². The summed E-state index contributed by atoms with van der Waals surface area (Å²) in [6.07, 6.45) is 2.38. The third-order valence-corrected chi connectivity index (χ3v) is 2.12. The van der Waals surface area contributed by atoms with E-state index < -0.39 is 6.10 Å². The van der Waals surface area contributed by atoms with Crippen molar-refractivity contribution in [3.8, 4) is 0 Å². The Morgan fingerprint density at radius 1 is 1.67 bits per heavy atom. The van der Waals surface area contributed by atoms with E-state index in [0.717, 1.165) is 19.3 Å². The molecule has 1 aliphatic carbocycles. The normalized spacial score (nSPS) is 19.5. The second-order valence-electron chi connectivity index (χ2n) is 3.18. The first-order chi connectivity index (χ1) is 5.81. The zero-order valence-electron chi connectivity index (χ0n) is 7.03. The van der Waals surface area contributed by atoms with Crippen molar-refractivity contribution in [2.45, 2.75) is 32.3 Å². The highest BCUT2D eigenvalue weighted by Crippen LogP contribution is 2.39. The molecule has 1 heterocycles. The molecule has 0 aliphatic heterocycles. The first kappa shape index (κ1) is 7.73. The summed E-state index contributed by atoms with van der Waals surface area (Å²) in [6.45, 7) is 1.95. The molecule has 0 amide bonds. The second kappa shape index (κ2) is 2.86. The Bertz CT molecular complexity index is 268. The molecule has 1 aromatic heterocycles. The van der Waals surface area contributed by atoms with Crippen LogP contribution in [-0.4, -0.2) is 15.2 Å². The molecule has 0 saturated heterocycles. The first-order valence-corrected chi connectivity index (χ1v) is 4.31. The van der Waals surface area contributed by atoms with Crippen molar-refractivity contribution in [2.75, 3.05) is 0 Å². The maximum Gasteiger partial charge on any atom is 0.226 e.